The first-order chi connectivity index (χ1) is 14.5. The number of imidazole rings is 1. The Bertz CT molecular complexity index is 904. The van der Waals surface area contributed by atoms with Gasteiger partial charge in [-0.2, -0.15) is 0 Å². The predicted molar refractivity (Wildman–Crippen MR) is 133 cm³/mol. The molecule has 180 valence electrons. The Morgan fingerprint density at radius 2 is 2.03 bits per heavy atom. The van der Waals surface area contributed by atoms with E-state index in [0.29, 0.717) is 31.2 Å². The number of ether oxygens (including phenoxy) is 1. The molecule has 3 heterocycles. The number of aromatic nitrogens is 2. The summed E-state index contributed by atoms with van der Waals surface area (Å²) in [6, 6.07) is 6.66. The van der Waals surface area contributed by atoms with Crippen molar-refractivity contribution in [2.75, 3.05) is 39.4 Å². The number of aryl methyl sites for hydroxylation is 1. The van der Waals surface area contributed by atoms with Crippen LogP contribution < -0.4 is 5.73 Å². The summed E-state index contributed by atoms with van der Waals surface area (Å²) in [5, 5.41) is 0. The molecular formula is C23H37Cl2N5O2. The Morgan fingerprint density at radius 1 is 1.25 bits per heavy atom. The van der Waals surface area contributed by atoms with Crippen LogP contribution in [0.5, 0.6) is 0 Å². The van der Waals surface area contributed by atoms with E-state index >= 15 is 0 Å². The van der Waals surface area contributed by atoms with E-state index in [0.717, 1.165) is 68.0 Å². The molecular weight excluding hydrogens is 449 g/mol. The number of rotatable bonds is 6. The third kappa shape index (κ3) is 5.57. The van der Waals surface area contributed by atoms with Crippen molar-refractivity contribution in [1.82, 2.24) is 19.4 Å². The van der Waals surface area contributed by atoms with Gasteiger partial charge in [0.05, 0.1) is 30.3 Å². The molecule has 0 aliphatic carbocycles. The van der Waals surface area contributed by atoms with Crippen LogP contribution in [0.1, 0.15) is 43.4 Å². The van der Waals surface area contributed by atoms with Gasteiger partial charge in [-0.3, -0.25) is 9.69 Å². The summed E-state index contributed by atoms with van der Waals surface area (Å²) in [6.45, 7) is 12.0. The summed E-state index contributed by atoms with van der Waals surface area (Å²) in [4.78, 5) is 22.6. The lowest BCUT2D eigenvalue weighted by molar-refractivity contribution is -0.0699. The van der Waals surface area contributed by atoms with Gasteiger partial charge in [0.2, 0.25) is 0 Å². The molecule has 2 atom stereocenters. The number of piperazine rings is 1. The number of amides is 1. The van der Waals surface area contributed by atoms with E-state index in [9.17, 15) is 4.79 Å². The molecule has 2 N–H and O–H groups in total. The van der Waals surface area contributed by atoms with Crippen molar-refractivity contribution in [2.45, 2.75) is 52.2 Å². The zero-order valence-corrected chi connectivity index (χ0v) is 21.0. The highest BCUT2D eigenvalue weighted by Gasteiger charge is 2.35. The van der Waals surface area contributed by atoms with Crippen LogP contribution in [0.4, 0.5) is 0 Å². The molecule has 0 radical (unpaired) electrons. The molecule has 9 heteroatoms. The van der Waals surface area contributed by atoms with Crippen LogP contribution in [0, 0.1) is 5.92 Å². The van der Waals surface area contributed by atoms with Crippen molar-refractivity contribution in [2.24, 2.45) is 11.7 Å². The first kappa shape index (κ1) is 26.9. The number of hydrogen-bond donors (Lipinski definition) is 1. The molecule has 0 saturated carbocycles. The number of halogens is 2. The molecule has 0 spiro atoms. The molecule has 32 heavy (non-hydrogen) atoms. The van der Waals surface area contributed by atoms with Gasteiger partial charge in [0.15, 0.2) is 0 Å². The number of benzene rings is 1. The molecule has 2 aliphatic rings. The molecule has 4 rings (SSSR count). The maximum atomic E-state index is 13.3. The van der Waals surface area contributed by atoms with Gasteiger partial charge in [0.1, 0.15) is 5.82 Å². The molecule has 1 amide bonds. The summed E-state index contributed by atoms with van der Waals surface area (Å²) in [5.41, 5.74) is 8.51. The molecule has 1 aromatic carbocycles. The van der Waals surface area contributed by atoms with E-state index in [-0.39, 0.29) is 30.7 Å². The van der Waals surface area contributed by atoms with Crippen LogP contribution in [0.3, 0.4) is 0 Å². The lowest BCUT2D eigenvalue weighted by Crippen LogP contribution is -2.62. The van der Waals surface area contributed by atoms with E-state index < -0.39 is 0 Å². The summed E-state index contributed by atoms with van der Waals surface area (Å²) >= 11 is 0. The first-order valence-corrected chi connectivity index (χ1v) is 11.3. The lowest BCUT2D eigenvalue weighted by atomic mass is 10.1. The molecule has 0 bridgehead atoms. The highest BCUT2D eigenvalue weighted by Crippen LogP contribution is 2.24. The van der Waals surface area contributed by atoms with Gasteiger partial charge in [-0.15, -0.1) is 24.8 Å². The fourth-order valence-electron chi connectivity index (χ4n) is 4.76. The Hall–Kier alpha value is -1.38. The third-order valence-corrected chi connectivity index (χ3v) is 6.30. The fraction of sp³-hybridized carbons (Fsp3) is 0.652. The van der Waals surface area contributed by atoms with E-state index in [4.69, 9.17) is 15.5 Å². The van der Waals surface area contributed by atoms with Crippen LogP contribution in [0.25, 0.3) is 11.0 Å². The van der Waals surface area contributed by atoms with Crippen LogP contribution >= 0.6 is 24.8 Å². The minimum Gasteiger partial charge on any atom is -0.378 e. The number of morpholine rings is 1. The van der Waals surface area contributed by atoms with Gasteiger partial charge in [-0.1, -0.05) is 13.8 Å². The van der Waals surface area contributed by atoms with Crippen LogP contribution in [0.2, 0.25) is 0 Å². The van der Waals surface area contributed by atoms with Crippen LogP contribution in [-0.2, 0) is 17.7 Å². The second-order valence-electron chi connectivity index (χ2n) is 9.15. The average molecular weight is 486 g/mol. The van der Waals surface area contributed by atoms with Gasteiger partial charge in [0.25, 0.3) is 5.91 Å². The fourth-order valence-corrected chi connectivity index (χ4v) is 4.76. The highest BCUT2D eigenvalue weighted by atomic mass is 35.5. The van der Waals surface area contributed by atoms with E-state index in [1.165, 1.54) is 0 Å². The number of nitrogens with two attached hydrogens (primary N) is 1. The van der Waals surface area contributed by atoms with E-state index in [2.05, 4.69) is 30.2 Å². The molecule has 2 saturated heterocycles. The predicted octanol–water partition coefficient (Wildman–Crippen LogP) is 2.97. The molecule has 0 unspecified atom stereocenters. The molecule has 2 aromatic rings. The average Bonchev–Trinajstić information content (AvgIpc) is 3.07. The SMILES string of the molecule is CC(C)Cc1nc2ccc(C(=O)N3CCN4[C@@H](COC[C@@H]4C)C3)cc2n1CCCN.Cl.Cl. The van der Waals surface area contributed by atoms with Gasteiger partial charge in [-0.25, -0.2) is 4.98 Å². The minimum atomic E-state index is 0. The maximum absolute atomic E-state index is 13.3. The van der Waals surface area contributed by atoms with Gasteiger partial charge < -0.3 is 19.9 Å². The van der Waals surface area contributed by atoms with E-state index in [1.54, 1.807) is 0 Å². The zero-order chi connectivity index (χ0) is 21.3. The van der Waals surface area contributed by atoms with Gasteiger partial charge in [0, 0.05) is 44.2 Å². The highest BCUT2D eigenvalue weighted by molar-refractivity contribution is 5.97. The smallest absolute Gasteiger partial charge is 0.254 e. The number of hydrogen-bond acceptors (Lipinski definition) is 5. The summed E-state index contributed by atoms with van der Waals surface area (Å²) in [5.74, 6) is 1.71. The second kappa shape index (κ2) is 11.7. The van der Waals surface area contributed by atoms with Gasteiger partial charge >= 0.3 is 0 Å². The maximum Gasteiger partial charge on any atom is 0.254 e. The molecule has 1 aromatic heterocycles. The van der Waals surface area contributed by atoms with Crippen molar-refractivity contribution < 1.29 is 9.53 Å². The largest absolute Gasteiger partial charge is 0.378 e. The Balaban J connectivity index is 0.00000181. The Morgan fingerprint density at radius 3 is 2.75 bits per heavy atom. The first-order valence-electron chi connectivity index (χ1n) is 11.3. The Kier molecular flexibility index (Phi) is 9.79. The van der Waals surface area contributed by atoms with Crippen molar-refractivity contribution in [3.05, 3.63) is 29.6 Å². The van der Waals surface area contributed by atoms with Crippen molar-refractivity contribution in [3.8, 4) is 0 Å². The van der Waals surface area contributed by atoms with Gasteiger partial charge in [-0.05, 0) is 44.0 Å². The lowest BCUT2D eigenvalue weighted by Gasteiger charge is -2.47. The molecule has 7 nitrogen and oxygen atoms in total. The summed E-state index contributed by atoms with van der Waals surface area (Å²) in [6.07, 6.45) is 1.82. The summed E-state index contributed by atoms with van der Waals surface area (Å²) in [7, 11) is 0. The summed E-state index contributed by atoms with van der Waals surface area (Å²) < 4.78 is 7.99. The van der Waals surface area contributed by atoms with Crippen molar-refractivity contribution in [3.63, 3.8) is 0 Å². The topological polar surface area (TPSA) is 76.6 Å². The zero-order valence-electron chi connectivity index (χ0n) is 19.3. The van der Waals surface area contributed by atoms with Crippen LogP contribution in [-0.4, -0.2) is 76.7 Å². The monoisotopic (exact) mass is 485 g/mol. The quantitative estimate of drug-likeness (QED) is 0.680. The third-order valence-electron chi connectivity index (χ3n) is 6.30. The van der Waals surface area contributed by atoms with Crippen molar-refractivity contribution >= 4 is 41.8 Å². The Labute approximate surface area is 203 Å². The van der Waals surface area contributed by atoms with Crippen LogP contribution in [0.15, 0.2) is 18.2 Å². The van der Waals surface area contributed by atoms with E-state index in [1.807, 2.05) is 23.1 Å². The normalized spacial score (nSPS) is 21.2. The minimum absolute atomic E-state index is 0. The molecule has 2 fully saturated rings. The molecule has 2 aliphatic heterocycles. The number of carbonyl (C=O) groups excluding carboxylic acids is 1. The number of fused-ring (bicyclic) bond motifs is 2. The van der Waals surface area contributed by atoms with Crippen molar-refractivity contribution in [1.29, 1.82) is 0 Å². The second-order valence-corrected chi connectivity index (χ2v) is 9.15. The number of carbonyl (C=O) groups is 1. The number of nitrogens with zero attached hydrogens (tertiary/aromatic N) is 4. The standard InChI is InChI=1S/C23H35N5O2.2ClH/c1-16(2)11-22-25-20-6-5-18(12-21(20)28(22)8-4-7-24)23(29)26-9-10-27-17(3)14-30-15-19(27)13-26;;/h5-6,12,16-17,19H,4,7-11,13-15,24H2,1-3H3;2*1H/t17-,19+;;/m0../s1.